The number of amides is 1. The minimum atomic E-state index is -0.960. The molecule has 23 heavy (non-hydrogen) atoms. The molecule has 0 bridgehead atoms. The van der Waals surface area contributed by atoms with Gasteiger partial charge >= 0.3 is 5.97 Å². The summed E-state index contributed by atoms with van der Waals surface area (Å²) in [5.41, 5.74) is 1.54. The molecular weight excluding hydrogens is 312 g/mol. The number of rotatable bonds is 4. The number of hydrogen-bond acceptors (Lipinski definition) is 5. The van der Waals surface area contributed by atoms with Crippen LogP contribution >= 0.6 is 11.8 Å². The third-order valence-corrected chi connectivity index (χ3v) is 4.49. The smallest absolute Gasteiger partial charge is 0.336 e. The molecule has 1 amide bonds. The summed E-state index contributed by atoms with van der Waals surface area (Å²) in [6, 6.07) is 9.56. The molecule has 1 aliphatic rings. The number of nitrogens with zero attached hydrogens (tertiary/aromatic N) is 1. The van der Waals surface area contributed by atoms with Gasteiger partial charge in [-0.3, -0.25) is 4.79 Å². The van der Waals surface area contributed by atoms with Gasteiger partial charge in [0, 0.05) is 16.5 Å². The zero-order valence-electron chi connectivity index (χ0n) is 13.3. The van der Waals surface area contributed by atoms with Crippen molar-refractivity contribution >= 4 is 23.6 Å². The van der Waals surface area contributed by atoms with E-state index in [-0.39, 0.29) is 6.61 Å². The Morgan fingerprint density at radius 2 is 2.04 bits per heavy atom. The summed E-state index contributed by atoms with van der Waals surface area (Å²) < 4.78 is 5.11. The van der Waals surface area contributed by atoms with Crippen LogP contribution in [0.15, 0.2) is 40.4 Å². The topological polar surface area (TPSA) is 79.2 Å². The average Bonchev–Trinajstić information content (AvgIpc) is 2.54. The van der Waals surface area contributed by atoms with Gasteiger partial charge in [0.05, 0.1) is 18.2 Å². The summed E-state index contributed by atoms with van der Waals surface area (Å²) >= 11 is 1.60. The molecule has 0 aliphatic carbocycles. The maximum Gasteiger partial charge on any atom is 0.336 e. The first-order chi connectivity index (χ1) is 11.0. The van der Waals surface area contributed by atoms with E-state index in [0.29, 0.717) is 11.3 Å². The molecule has 1 aliphatic heterocycles. The highest BCUT2D eigenvalue weighted by Crippen LogP contribution is 2.37. The van der Waals surface area contributed by atoms with E-state index < -0.39 is 23.7 Å². The summed E-state index contributed by atoms with van der Waals surface area (Å²) in [6.45, 7) is 3.61. The molecule has 0 saturated heterocycles. The number of ether oxygens (including phenoxy) is 1. The van der Waals surface area contributed by atoms with Gasteiger partial charge in [-0.15, -0.1) is 11.8 Å². The second-order valence-corrected chi connectivity index (χ2v) is 5.99. The maximum atomic E-state index is 12.3. The Kier molecular flexibility index (Phi) is 5.45. The van der Waals surface area contributed by atoms with E-state index in [2.05, 4.69) is 5.32 Å². The van der Waals surface area contributed by atoms with Gasteiger partial charge in [0.15, 0.2) is 0 Å². The van der Waals surface area contributed by atoms with Crippen LogP contribution in [0.5, 0.6) is 0 Å². The largest absolute Gasteiger partial charge is 0.463 e. The number of nitrogens with one attached hydrogen (secondary N) is 1. The SMILES string of the molecule is CCOC(=O)C1=C(C)NC(=O)C(C#N)C1c1ccc(SC)cc1. The highest BCUT2D eigenvalue weighted by Gasteiger charge is 2.41. The van der Waals surface area contributed by atoms with E-state index in [1.54, 1.807) is 25.6 Å². The van der Waals surface area contributed by atoms with Crippen LogP contribution in [0, 0.1) is 17.2 Å². The summed E-state index contributed by atoms with van der Waals surface area (Å²) in [5, 5.41) is 12.0. The lowest BCUT2D eigenvalue weighted by Gasteiger charge is -2.30. The average molecular weight is 330 g/mol. The minimum Gasteiger partial charge on any atom is -0.463 e. The molecule has 0 radical (unpaired) electrons. The van der Waals surface area contributed by atoms with E-state index in [9.17, 15) is 14.9 Å². The zero-order chi connectivity index (χ0) is 17.0. The van der Waals surface area contributed by atoms with Crippen molar-refractivity contribution in [2.24, 2.45) is 5.92 Å². The van der Waals surface area contributed by atoms with Crippen molar-refractivity contribution in [3.05, 3.63) is 41.1 Å². The summed E-state index contributed by atoms with van der Waals surface area (Å²) in [7, 11) is 0. The second-order valence-electron chi connectivity index (χ2n) is 5.11. The molecule has 2 unspecified atom stereocenters. The molecule has 1 heterocycles. The van der Waals surface area contributed by atoms with Gasteiger partial charge in [0.25, 0.3) is 0 Å². The number of nitriles is 1. The molecule has 0 fully saturated rings. The molecule has 1 aromatic carbocycles. The highest BCUT2D eigenvalue weighted by atomic mass is 32.2. The van der Waals surface area contributed by atoms with Gasteiger partial charge in [-0.25, -0.2) is 4.79 Å². The molecule has 2 atom stereocenters. The van der Waals surface area contributed by atoms with Crippen molar-refractivity contribution < 1.29 is 14.3 Å². The van der Waals surface area contributed by atoms with Crippen LogP contribution in [0.1, 0.15) is 25.3 Å². The Bertz CT molecular complexity index is 689. The van der Waals surface area contributed by atoms with E-state index in [4.69, 9.17) is 4.74 Å². The lowest BCUT2D eigenvalue weighted by atomic mass is 9.77. The molecule has 2 rings (SSSR count). The van der Waals surface area contributed by atoms with Crippen LogP contribution in [0.3, 0.4) is 0 Å². The van der Waals surface area contributed by atoms with Crippen molar-refractivity contribution in [1.82, 2.24) is 5.32 Å². The molecule has 120 valence electrons. The first-order valence-corrected chi connectivity index (χ1v) is 8.48. The lowest BCUT2D eigenvalue weighted by Crippen LogP contribution is -2.41. The van der Waals surface area contributed by atoms with E-state index in [1.165, 1.54) is 0 Å². The Hall–Kier alpha value is -2.26. The van der Waals surface area contributed by atoms with Crippen LogP contribution in [-0.4, -0.2) is 24.7 Å². The summed E-state index contributed by atoms with van der Waals surface area (Å²) in [6.07, 6.45) is 1.97. The van der Waals surface area contributed by atoms with Crippen LogP contribution in [0.2, 0.25) is 0 Å². The summed E-state index contributed by atoms with van der Waals surface area (Å²) in [4.78, 5) is 25.6. The lowest BCUT2D eigenvalue weighted by molar-refractivity contribution is -0.139. The van der Waals surface area contributed by atoms with Gasteiger partial charge in [-0.1, -0.05) is 12.1 Å². The quantitative estimate of drug-likeness (QED) is 0.678. The first kappa shape index (κ1) is 17.1. The van der Waals surface area contributed by atoms with Crippen LogP contribution < -0.4 is 5.32 Å². The Balaban J connectivity index is 2.54. The number of benzene rings is 1. The molecule has 1 aromatic rings. The number of carbonyl (C=O) groups is 2. The molecule has 5 nitrogen and oxygen atoms in total. The van der Waals surface area contributed by atoms with Gasteiger partial charge in [-0.05, 0) is 37.8 Å². The van der Waals surface area contributed by atoms with Crippen molar-refractivity contribution in [2.75, 3.05) is 12.9 Å². The third kappa shape index (κ3) is 3.40. The zero-order valence-corrected chi connectivity index (χ0v) is 14.1. The Morgan fingerprint density at radius 1 is 1.39 bits per heavy atom. The predicted molar refractivity (Wildman–Crippen MR) is 87.5 cm³/mol. The number of thioether (sulfide) groups is 1. The fourth-order valence-electron chi connectivity index (χ4n) is 2.67. The van der Waals surface area contributed by atoms with Crippen molar-refractivity contribution in [2.45, 2.75) is 24.7 Å². The van der Waals surface area contributed by atoms with Gasteiger partial charge in [-0.2, -0.15) is 5.26 Å². The molecular formula is C17H18N2O3S. The van der Waals surface area contributed by atoms with Gasteiger partial charge in [0.2, 0.25) is 5.91 Å². The van der Waals surface area contributed by atoms with Gasteiger partial charge in [0.1, 0.15) is 5.92 Å². The molecule has 0 aromatic heterocycles. The second kappa shape index (κ2) is 7.34. The third-order valence-electron chi connectivity index (χ3n) is 3.75. The fraction of sp³-hybridized carbons (Fsp3) is 0.353. The van der Waals surface area contributed by atoms with Crippen LogP contribution in [-0.2, 0) is 14.3 Å². The fourth-order valence-corrected chi connectivity index (χ4v) is 3.08. The normalized spacial score (nSPS) is 20.7. The standard InChI is InChI=1S/C17H18N2O3S/c1-4-22-17(21)14-10(2)19-16(20)13(9-18)15(14)11-5-7-12(23-3)8-6-11/h5-8,13,15H,4H2,1-3H3,(H,19,20). The van der Waals surface area contributed by atoms with Crippen molar-refractivity contribution in [3.8, 4) is 6.07 Å². The number of hydrogen-bond donors (Lipinski definition) is 1. The minimum absolute atomic E-state index is 0.235. The monoisotopic (exact) mass is 330 g/mol. The Morgan fingerprint density at radius 3 is 2.57 bits per heavy atom. The molecule has 0 spiro atoms. The first-order valence-electron chi connectivity index (χ1n) is 7.25. The Labute approximate surface area is 139 Å². The number of carbonyl (C=O) groups excluding carboxylic acids is 2. The number of allylic oxidation sites excluding steroid dienone is 1. The van der Waals surface area contributed by atoms with Crippen LogP contribution in [0.25, 0.3) is 0 Å². The maximum absolute atomic E-state index is 12.3. The van der Waals surface area contributed by atoms with Gasteiger partial charge < -0.3 is 10.1 Å². The molecule has 1 N–H and O–H groups in total. The van der Waals surface area contributed by atoms with E-state index in [1.807, 2.05) is 36.6 Å². The molecule has 0 saturated carbocycles. The van der Waals surface area contributed by atoms with E-state index in [0.717, 1.165) is 10.5 Å². The number of esters is 1. The van der Waals surface area contributed by atoms with Crippen LogP contribution in [0.4, 0.5) is 0 Å². The molecule has 6 heteroatoms. The van der Waals surface area contributed by atoms with E-state index >= 15 is 0 Å². The predicted octanol–water partition coefficient (Wildman–Crippen LogP) is 2.60. The summed E-state index contributed by atoms with van der Waals surface area (Å²) in [5.74, 6) is -2.47. The van der Waals surface area contributed by atoms with Crippen molar-refractivity contribution in [3.63, 3.8) is 0 Å². The highest BCUT2D eigenvalue weighted by molar-refractivity contribution is 7.98. The van der Waals surface area contributed by atoms with Crippen molar-refractivity contribution in [1.29, 1.82) is 5.26 Å².